The summed E-state index contributed by atoms with van der Waals surface area (Å²) < 4.78 is 0. The molecule has 0 aromatic heterocycles. The third kappa shape index (κ3) is 2.74. The number of carbonyl (C=O) groups is 1. The number of ketones is 1. The van der Waals surface area contributed by atoms with E-state index < -0.39 is 0 Å². The first-order chi connectivity index (χ1) is 8.79. The summed E-state index contributed by atoms with van der Waals surface area (Å²) in [5.74, 6) is 0.416. The van der Waals surface area contributed by atoms with Crippen LogP contribution in [-0.2, 0) is 10.2 Å². The van der Waals surface area contributed by atoms with Gasteiger partial charge in [-0.05, 0) is 24.8 Å². The van der Waals surface area contributed by atoms with Gasteiger partial charge in [-0.2, -0.15) is 0 Å². The number of hydrogen-bond donors (Lipinski definition) is 0. The maximum Gasteiger partial charge on any atom is 0.143 e. The predicted molar refractivity (Wildman–Crippen MR) is 79.1 cm³/mol. The topological polar surface area (TPSA) is 17.1 Å². The summed E-state index contributed by atoms with van der Waals surface area (Å²) in [6.07, 6.45) is 9.00. The molecular weight excluding hydrogens is 288 g/mol. The number of allylic oxidation sites excluding steroid dienone is 2. The number of alkyl halides is 1. The highest BCUT2D eigenvalue weighted by molar-refractivity contribution is 9.09. The molecule has 1 aromatic carbocycles. The van der Waals surface area contributed by atoms with Crippen LogP contribution in [-0.4, -0.2) is 11.1 Å². The second-order valence-corrected chi connectivity index (χ2v) is 5.56. The number of benzene rings is 1. The van der Waals surface area contributed by atoms with E-state index in [0.717, 1.165) is 37.4 Å². The van der Waals surface area contributed by atoms with Crippen molar-refractivity contribution in [2.45, 2.75) is 37.5 Å². The molecule has 1 aromatic rings. The van der Waals surface area contributed by atoms with Gasteiger partial charge in [0.2, 0.25) is 0 Å². The van der Waals surface area contributed by atoms with E-state index in [1.54, 1.807) is 0 Å². The molecule has 0 spiro atoms. The van der Waals surface area contributed by atoms with Gasteiger partial charge in [-0.1, -0.05) is 64.8 Å². The highest BCUT2D eigenvalue weighted by Crippen LogP contribution is 2.39. The molecule has 0 bridgehead atoms. The molecule has 1 aliphatic carbocycles. The zero-order valence-electron chi connectivity index (χ0n) is 10.6. The van der Waals surface area contributed by atoms with Gasteiger partial charge in [-0.25, -0.2) is 0 Å². The molecule has 0 radical (unpaired) electrons. The lowest BCUT2D eigenvalue weighted by molar-refractivity contribution is -0.126. The fourth-order valence-corrected chi connectivity index (χ4v) is 3.10. The van der Waals surface area contributed by atoms with Crippen LogP contribution in [0.15, 0.2) is 42.5 Å². The molecule has 1 atom stereocenters. The van der Waals surface area contributed by atoms with Crippen LogP contribution in [0, 0.1) is 0 Å². The largest absolute Gasteiger partial charge is 0.299 e. The molecule has 1 nitrogen and oxygen atoms in total. The Balaban J connectivity index is 2.33. The second kappa shape index (κ2) is 6.33. The minimum Gasteiger partial charge on any atom is -0.299 e. The molecule has 1 saturated carbocycles. The number of halogens is 1. The molecular formula is C16H19BrO. The average Bonchev–Trinajstić information content (AvgIpc) is 2.42. The molecule has 0 N–H and O–H groups in total. The van der Waals surface area contributed by atoms with Crippen molar-refractivity contribution < 1.29 is 4.79 Å². The number of carbonyl (C=O) groups excluding carboxylic acids is 1. The van der Waals surface area contributed by atoms with Crippen LogP contribution in [0.3, 0.4) is 0 Å². The smallest absolute Gasteiger partial charge is 0.143 e. The van der Waals surface area contributed by atoms with Gasteiger partial charge in [0.05, 0.1) is 5.41 Å². The summed E-state index contributed by atoms with van der Waals surface area (Å²) in [7, 11) is 0. The molecule has 0 saturated heterocycles. The summed E-state index contributed by atoms with van der Waals surface area (Å²) in [5, 5.41) is 0.853. The third-order valence-corrected chi connectivity index (χ3v) is 4.21. The van der Waals surface area contributed by atoms with Crippen molar-refractivity contribution in [3.63, 3.8) is 0 Å². The van der Waals surface area contributed by atoms with E-state index in [0.29, 0.717) is 5.78 Å². The highest BCUT2D eigenvalue weighted by atomic mass is 79.9. The van der Waals surface area contributed by atoms with E-state index in [4.69, 9.17) is 0 Å². The highest BCUT2D eigenvalue weighted by Gasteiger charge is 2.39. The van der Waals surface area contributed by atoms with Gasteiger partial charge in [0, 0.05) is 11.8 Å². The van der Waals surface area contributed by atoms with E-state index in [2.05, 4.69) is 40.2 Å². The molecule has 0 heterocycles. The first-order valence-electron chi connectivity index (χ1n) is 6.59. The Kier molecular flexibility index (Phi) is 4.76. The number of rotatable bonds is 4. The van der Waals surface area contributed by atoms with E-state index in [-0.39, 0.29) is 5.41 Å². The SMILES string of the molecule is O=C1CCCCC1(C/C=C/CBr)c1ccccc1. The standard InChI is InChI=1S/C16H19BrO/c17-13-7-6-12-16(11-5-4-10-15(16)18)14-8-2-1-3-9-14/h1-3,6-9H,4-5,10-13H2/b7-6+. The lowest BCUT2D eigenvalue weighted by Gasteiger charge is -2.35. The van der Waals surface area contributed by atoms with Crippen molar-refractivity contribution in [3.05, 3.63) is 48.0 Å². The van der Waals surface area contributed by atoms with Crippen LogP contribution < -0.4 is 0 Å². The Hall–Kier alpha value is -0.890. The Morgan fingerprint density at radius 1 is 1.17 bits per heavy atom. The van der Waals surface area contributed by atoms with Gasteiger partial charge >= 0.3 is 0 Å². The van der Waals surface area contributed by atoms with E-state index in [9.17, 15) is 4.79 Å². The lowest BCUT2D eigenvalue weighted by atomic mass is 9.66. The summed E-state index contributed by atoms with van der Waals surface area (Å²) in [5.41, 5.74) is 0.923. The van der Waals surface area contributed by atoms with Gasteiger partial charge in [-0.3, -0.25) is 4.79 Å². The lowest BCUT2D eigenvalue weighted by Crippen LogP contribution is -2.38. The molecule has 1 aliphatic rings. The Morgan fingerprint density at radius 2 is 1.94 bits per heavy atom. The van der Waals surface area contributed by atoms with Crippen LogP contribution in [0.25, 0.3) is 0 Å². The van der Waals surface area contributed by atoms with Crippen LogP contribution in [0.5, 0.6) is 0 Å². The van der Waals surface area contributed by atoms with E-state index >= 15 is 0 Å². The number of Topliss-reactive ketones (excluding diaryl/α,β-unsaturated/α-hetero) is 1. The fraction of sp³-hybridized carbons (Fsp3) is 0.438. The Bertz CT molecular complexity index is 424. The maximum absolute atomic E-state index is 12.5. The molecule has 0 aliphatic heterocycles. The molecule has 18 heavy (non-hydrogen) atoms. The van der Waals surface area contributed by atoms with Crippen molar-refractivity contribution in [1.29, 1.82) is 0 Å². The van der Waals surface area contributed by atoms with Crippen LogP contribution >= 0.6 is 15.9 Å². The average molecular weight is 307 g/mol. The first-order valence-corrected chi connectivity index (χ1v) is 7.71. The van der Waals surface area contributed by atoms with Crippen molar-refractivity contribution in [2.24, 2.45) is 0 Å². The van der Waals surface area contributed by atoms with Gasteiger partial charge in [0.15, 0.2) is 0 Å². The number of hydrogen-bond acceptors (Lipinski definition) is 1. The van der Waals surface area contributed by atoms with Gasteiger partial charge < -0.3 is 0 Å². The van der Waals surface area contributed by atoms with Crippen LogP contribution in [0.2, 0.25) is 0 Å². The van der Waals surface area contributed by atoms with E-state index in [1.807, 2.05) is 18.2 Å². The summed E-state index contributed by atoms with van der Waals surface area (Å²) in [4.78, 5) is 12.5. The van der Waals surface area contributed by atoms with Gasteiger partial charge in [0.1, 0.15) is 5.78 Å². The van der Waals surface area contributed by atoms with Gasteiger partial charge in [0.25, 0.3) is 0 Å². The predicted octanol–water partition coefficient (Wildman–Crippen LogP) is 4.41. The van der Waals surface area contributed by atoms with Crippen LogP contribution in [0.4, 0.5) is 0 Å². The Labute approximate surface area is 117 Å². The minimum absolute atomic E-state index is 0.266. The summed E-state index contributed by atoms with van der Waals surface area (Å²) >= 11 is 3.39. The molecule has 2 heteroatoms. The molecule has 0 amide bonds. The molecule has 1 unspecified atom stereocenters. The normalized spacial score (nSPS) is 24.6. The van der Waals surface area contributed by atoms with Crippen molar-refractivity contribution >= 4 is 21.7 Å². The third-order valence-electron chi connectivity index (χ3n) is 3.84. The van der Waals surface area contributed by atoms with Crippen molar-refractivity contribution in [2.75, 3.05) is 5.33 Å². The molecule has 2 rings (SSSR count). The first kappa shape index (κ1) is 13.5. The molecule has 96 valence electrons. The Morgan fingerprint density at radius 3 is 2.61 bits per heavy atom. The van der Waals surface area contributed by atoms with Crippen molar-refractivity contribution in [3.8, 4) is 0 Å². The zero-order chi connectivity index (χ0) is 12.8. The monoisotopic (exact) mass is 306 g/mol. The quantitative estimate of drug-likeness (QED) is 0.595. The van der Waals surface area contributed by atoms with E-state index in [1.165, 1.54) is 5.56 Å². The summed E-state index contributed by atoms with van der Waals surface area (Å²) in [6, 6.07) is 10.3. The fourth-order valence-electron chi connectivity index (χ4n) is 2.83. The minimum atomic E-state index is -0.266. The second-order valence-electron chi connectivity index (χ2n) is 4.91. The van der Waals surface area contributed by atoms with Gasteiger partial charge in [-0.15, -0.1) is 0 Å². The van der Waals surface area contributed by atoms with Crippen LogP contribution in [0.1, 0.15) is 37.7 Å². The molecule has 1 fully saturated rings. The summed E-state index contributed by atoms with van der Waals surface area (Å²) in [6.45, 7) is 0. The van der Waals surface area contributed by atoms with Crippen molar-refractivity contribution in [1.82, 2.24) is 0 Å². The maximum atomic E-state index is 12.5. The zero-order valence-corrected chi connectivity index (χ0v) is 12.2.